The summed E-state index contributed by atoms with van der Waals surface area (Å²) in [5, 5.41) is 14.5. The van der Waals surface area contributed by atoms with Gasteiger partial charge in [-0.15, -0.1) is 0 Å². The second-order valence-corrected chi connectivity index (χ2v) is 6.04. The van der Waals surface area contributed by atoms with E-state index in [2.05, 4.69) is 10.6 Å². The molecule has 2 amide bonds. The second-order valence-electron chi connectivity index (χ2n) is 6.04. The lowest BCUT2D eigenvalue weighted by molar-refractivity contribution is -0.142. The molecule has 0 radical (unpaired) electrons. The molecule has 0 fully saturated rings. The second kappa shape index (κ2) is 7.65. The molecule has 0 spiro atoms. The lowest BCUT2D eigenvalue weighted by atomic mass is 9.85. The highest BCUT2D eigenvalue weighted by Crippen LogP contribution is 2.24. The monoisotopic (exact) mass is 344 g/mol. The molecule has 2 aromatic rings. The first-order valence-electron chi connectivity index (χ1n) is 7.76. The van der Waals surface area contributed by atoms with Gasteiger partial charge in [0.2, 0.25) is 5.91 Å². The third-order valence-electron chi connectivity index (χ3n) is 3.81. The molecule has 0 aliphatic carbocycles. The summed E-state index contributed by atoms with van der Waals surface area (Å²) >= 11 is 0. The van der Waals surface area contributed by atoms with Crippen molar-refractivity contribution in [1.82, 2.24) is 5.32 Å². The van der Waals surface area contributed by atoms with Gasteiger partial charge >= 0.3 is 5.97 Å². The quantitative estimate of drug-likeness (QED) is 0.715. The van der Waals surface area contributed by atoms with E-state index < -0.39 is 11.4 Å². The number of rotatable bonds is 7. The number of hydrogen-bond donors (Lipinski definition) is 3. The maximum Gasteiger partial charge on any atom is 0.313 e. The number of amides is 2. The molecule has 0 atom stereocenters. The number of anilines is 1. The molecule has 2 rings (SSSR count). The number of carboxylic acid groups (broad SMARTS) is 1. The number of carboxylic acids is 1. The van der Waals surface area contributed by atoms with Crippen LogP contribution in [-0.2, 0) is 15.0 Å². The first-order chi connectivity index (χ1) is 11.8. The van der Waals surface area contributed by atoms with Gasteiger partial charge < -0.3 is 20.2 Å². The van der Waals surface area contributed by atoms with Crippen LogP contribution in [0, 0.1) is 0 Å². The number of hydrogen-bond acceptors (Lipinski definition) is 4. The van der Waals surface area contributed by atoms with E-state index in [1.165, 1.54) is 12.3 Å². The zero-order valence-corrected chi connectivity index (χ0v) is 14.0. The number of nitrogens with one attached hydrogen (secondary N) is 2. The maximum absolute atomic E-state index is 11.9. The molecule has 7 heteroatoms. The SMILES string of the molecule is CC(C)(C(=O)O)c1ccc(NC(=O)CCNC(=O)c2ccco2)cc1. The highest BCUT2D eigenvalue weighted by molar-refractivity contribution is 5.93. The van der Waals surface area contributed by atoms with Gasteiger partial charge in [0.1, 0.15) is 0 Å². The van der Waals surface area contributed by atoms with Crippen LogP contribution in [0.1, 0.15) is 36.4 Å². The van der Waals surface area contributed by atoms with E-state index >= 15 is 0 Å². The highest BCUT2D eigenvalue weighted by atomic mass is 16.4. The van der Waals surface area contributed by atoms with Crippen molar-refractivity contribution in [2.24, 2.45) is 0 Å². The van der Waals surface area contributed by atoms with Crippen molar-refractivity contribution in [2.75, 3.05) is 11.9 Å². The molecule has 0 saturated heterocycles. The Labute approximate surface area is 145 Å². The van der Waals surface area contributed by atoms with Crippen LogP contribution in [0.15, 0.2) is 47.1 Å². The topological polar surface area (TPSA) is 109 Å². The van der Waals surface area contributed by atoms with E-state index in [1.54, 1.807) is 44.2 Å². The Morgan fingerprint density at radius 2 is 1.80 bits per heavy atom. The van der Waals surface area contributed by atoms with E-state index in [4.69, 9.17) is 4.42 Å². The molecule has 25 heavy (non-hydrogen) atoms. The number of carbonyl (C=O) groups is 3. The molecule has 132 valence electrons. The van der Waals surface area contributed by atoms with Crippen LogP contribution in [-0.4, -0.2) is 29.4 Å². The molecule has 1 aromatic heterocycles. The van der Waals surface area contributed by atoms with Crippen LogP contribution >= 0.6 is 0 Å². The van der Waals surface area contributed by atoms with E-state index in [9.17, 15) is 19.5 Å². The fraction of sp³-hybridized carbons (Fsp3) is 0.278. The van der Waals surface area contributed by atoms with Crippen molar-refractivity contribution < 1.29 is 23.9 Å². The summed E-state index contributed by atoms with van der Waals surface area (Å²) in [6.07, 6.45) is 1.51. The number of benzene rings is 1. The summed E-state index contributed by atoms with van der Waals surface area (Å²) < 4.78 is 4.95. The standard InChI is InChI=1S/C18H20N2O5/c1-18(2,17(23)24)12-5-7-13(8-6-12)20-15(21)9-10-19-16(22)14-4-3-11-25-14/h3-8,11H,9-10H2,1-2H3,(H,19,22)(H,20,21)(H,23,24). The zero-order valence-electron chi connectivity index (χ0n) is 14.0. The fourth-order valence-electron chi connectivity index (χ4n) is 2.10. The summed E-state index contributed by atoms with van der Waals surface area (Å²) in [5.74, 6) is -1.36. The van der Waals surface area contributed by atoms with Gasteiger partial charge in [-0.1, -0.05) is 12.1 Å². The van der Waals surface area contributed by atoms with Gasteiger partial charge in [0.25, 0.3) is 5.91 Å². The van der Waals surface area contributed by atoms with Gasteiger partial charge in [0.05, 0.1) is 11.7 Å². The van der Waals surface area contributed by atoms with Gasteiger partial charge in [0, 0.05) is 18.7 Å². The normalized spacial score (nSPS) is 11.0. The van der Waals surface area contributed by atoms with E-state index in [0.29, 0.717) is 11.3 Å². The minimum Gasteiger partial charge on any atom is -0.481 e. The first kappa shape index (κ1) is 18.3. The molecule has 3 N–H and O–H groups in total. The average Bonchev–Trinajstić information content (AvgIpc) is 3.09. The predicted molar refractivity (Wildman–Crippen MR) is 91.4 cm³/mol. The third-order valence-corrected chi connectivity index (χ3v) is 3.81. The highest BCUT2D eigenvalue weighted by Gasteiger charge is 2.29. The summed E-state index contributed by atoms with van der Waals surface area (Å²) in [7, 11) is 0. The largest absolute Gasteiger partial charge is 0.481 e. The Bertz CT molecular complexity index is 748. The average molecular weight is 344 g/mol. The summed E-state index contributed by atoms with van der Waals surface area (Å²) in [6, 6.07) is 9.79. The summed E-state index contributed by atoms with van der Waals surface area (Å²) in [6.45, 7) is 3.41. The predicted octanol–water partition coefficient (Wildman–Crippen LogP) is 2.40. The smallest absolute Gasteiger partial charge is 0.313 e. The van der Waals surface area contributed by atoms with Crippen molar-refractivity contribution in [3.8, 4) is 0 Å². The Kier molecular flexibility index (Phi) is 5.59. The van der Waals surface area contributed by atoms with Crippen LogP contribution < -0.4 is 10.6 Å². The number of aliphatic carboxylic acids is 1. The fourth-order valence-corrected chi connectivity index (χ4v) is 2.10. The van der Waals surface area contributed by atoms with Gasteiger partial charge in [-0.05, 0) is 43.7 Å². The van der Waals surface area contributed by atoms with Crippen LogP contribution in [0.2, 0.25) is 0 Å². The van der Waals surface area contributed by atoms with Gasteiger partial charge in [-0.25, -0.2) is 0 Å². The van der Waals surface area contributed by atoms with E-state index in [1.807, 2.05) is 0 Å². The summed E-state index contributed by atoms with van der Waals surface area (Å²) in [4.78, 5) is 34.8. The number of carbonyl (C=O) groups excluding carboxylic acids is 2. The minimum absolute atomic E-state index is 0.106. The van der Waals surface area contributed by atoms with Crippen molar-refractivity contribution in [1.29, 1.82) is 0 Å². The Morgan fingerprint density at radius 3 is 2.36 bits per heavy atom. The summed E-state index contributed by atoms with van der Waals surface area (Å²) in [5.41, 5.74) is 0.203. The molecular weight excluding hydrogens is 324 g/mol. The van der Waals surface area contributed by atoms with Crippen molar-refractivity contribution in [3.05, 3.63) is 54.0 Å². The van der Waals surface area contributed by atoms with Crippen molar-refractivity contribution in [3.63, 3.8) is 0 Å². The molecule has 0 unspecified atom stereocenters. The van der Waals surface area contributed by atoms with Gasteiger partial charge in [-0.3, -0.25) is 14.4 Å². The molecule has 1 heterocycles. The Balaban J connectivity index is 1.82. The maximum atomic E-state index is 11.9. The third kappa shape index (κ3) is 4.69. The van der Waals surface area contributed by atoms with E-state index in [-0.39, 0.29) is 30.5 Å². The van der Waals surface area contributed by atoms with Gasteiger partial charge in [-0.2, -0.15) is 0 Å². The Morgan fingerprint density at radius 1 is 1.12 bits per heavy atom. The van der Waals surface area contributed by atoms with Crippen LogP contribution in [0.4, 0.5) is 5.69 Å². The molecule has 0 bridgehead atoms. The van der Waals surface area contributed by atoms with Crippen LogP contribution in [0.5, 0.6) is 0 Å². The molecule has 0 saturated carbocycles. The van der Waals surface area contributed by atoms with Crippen LogP contribution in [0.25, 0.3) is 0 Å². The molecule has 0 aliphatic rings. The van der Waals surface area contributed by atoms with Crippen molar-refractivity contribution in [2.45, 2.75) is 25.7 Å². The number of furan rings is 1. The first-order valence-corrected chi connectivity index (χ1v) is 7.76. The van der Waals surface area contributed by atoms with E-state index in [0.717, 1.165) is 0 Å². The Hall–Kier alpha value is -3.09. The van der Waals surface area contributed by atoms with Gasteiger partial charge in [0.15, 0.2) is 5.76 Å². The molecule has 7 nitrogen and oxygen atoms in total. The van der Waals surface area contributed by atoms with Crippen molar-refractivity contribution >= 4 is 23.5 Å². The zero-order chi connectivity index (χ0) is 18.4. The lowest BCUT2D eigenvalue weighted by Crippen LogP contribution is -2.28. The minimum atomic E-state index is -1.00. The molecule has 1 aromatic carbocycles. The lowest BCUT2D eigenvalue weighted by Gasteiger charge is -2.19. The molecular formula is C18H20N2O5. The molecule has 0 aliphatic heterocycles. The van der Waals surface area contributed by atoms with Crippen LogP contribution in [0.3, 0.4) is 0 Å².